The molecule has 1 aromatic carbocycles. The Balaban J connectivity index is 0.000000317. The number of rotatable bonds is 22. The minimum atomic E-state index is -0.975. The molecular weight excluding hydrogens is 1750 g/mol. The van der Waals surface area contributed by atoms with Crippen molar-refractivity contribution in [1.82, 2.24) is 31.9 Å². The third kappa shape index (κ3) is 34.1. The molecular formula is C71H120Br3I3N6O12. The van der Waals surface area contributed by atoms with Crippen molar-refractivity contribution < 1.29 is 57.2 Å². The van der Waals surface area contributed by atoms with Gasteiger partial charge in [0.2, 0.25) is 2.14 Å². The number of carbonyl (C=O) groups is 6. The Hall–Kier alpha value is -0.570. The largest absolute Gasteiger partial charge is 0.459 e. The minimum Gasteiger partial charge on any atom is -0.459 e. The number of alkyl halides is 6. The van der Waals surface area contributed by atoms with Gasteiger partial charge in [-0.3, -0.25) is 24.0 Å². The van der Waals surface area contributed by atoms with Gasteiger partial charge in [0.15, 0.2) is 0 Å². The molecule has 6 N–H and O–H groups in total. The van der Waals surface area contributed by atoms with Gasteiger partial charge in [0, 0.05) is 52.8 Å². The summed E-state index contributed by atoms with van der Waals surface area (Å²) in [7, 11) is 0. The normalized spacial score (nSPS) is 19.4. The van der Waals surface area contributed by atoms with Crippen molar-refractivity contribution in [3.05, 3.63) is 35.9 Å². The molecule has 0 amide bonds. The first-order chi connectivity index (χ1) is 44.2. The molecule has 0 bridgehead atoms. The predicted molar refractivity (Wildman–Crippen MR) is 417 cm³/mol. The van der Waals surface area contributed by atoms with Crippen LogP contribution in [0.25, 0.3) is 0 Å². The molecule has 0 aromatic heterocycles. The summed E-state index contributed by atoms with van der Waals surface area (Å²) >= 11 is 16.0. The summed E-state index contributed by atoms with van der Waals surface area (Å²) in [5.74, 6) is 1.64. The third-order valence-electron chi connectivity index (χ3n) is 19.5. The molecule has 18 nitrogen and oxygen atoms in total. The van der Waals surface area contributed by atoms with Crippen LogP contribution in [0.3, 0.4) is 0 Å². The zero-order chi connectivity index (χ0) is 71.3. The first kappa shape index (κ1) is 88.6. The lowest BCUT2D eigenvalue weighted by Crippen LogP contribution is -2.45. The van der Waals surface area contributed by atoms with Gasteiger partial charge in [-0.05, 0) is 319 Å². The van der Waals surface area contributed by atoms with Crippen LogP contribution in [-0.4, -0.2) is 158 Å². The van der Waals surface area contributed by atoms with E-state index in [0.29, 0.717) is 67.6 Å². The molecule has 7 rings (SSSR count). The summed E-state index contributed by atoms with van der Waals surface area (Å²) in [6, 6.07) is 9.79. The number of esters is 6. The molecule has 6 aliphatic rings. The van der Waals surface area contributed by atoms with Crippen molar-refractivity contribution in [3.8, 4) is 0 Å². The molecule has 6 heterocycles. The Morgan fingerprint density at radius 3 is 0.895 bits per heavy atom. The van der Waals surface area contributed by atoms with E-state index in [0.717, 1.165) is 166 Å². The summed E-state index contributed by atoms with van der Waals surface area (Å²) in [6.45, 7) is 40.1. The van der Waals surface area contributed by atoms with Crippen LogP contribution in [0.1, 0.15) is 216 Å². The highest BCUT2D eigenvalue weighted by atomic mass is 127. The van der Waals surface area contributed by atoms with E-state index >= 15 is 0 Å². The van der Waals surface area contributed by atoms with Crippen molar-refractivity contribution >= 4 is 151 Å². The van der Waals surface area contributed by atoms with Crippen molar-refractivity contribution in [3.63, 3.8) is 0 Å². The predicted octanol–water partition coefficient (Wildman–Crippen LogP) is 14.5. The molecule has 6 fully saturated rings. The van der Waals surface area contributed by atoms with Gasteiger partial charge in [0.1, 0.15) is 41.0 Å². The number of hydrogen-bond acceptors (Lipinski definition) is 18. The lowest BCUT2D eigenvalue weighted by molar-refractivity contribution is -0.165. The average molecular weight is 1870 g/mol. The molecule has 0 aliphatic carbocycles. The van der Waals surface area contributed by atoms with Gasteiger partial charge in [-0.1, -0.05) is 98.1 Å². The molecule has 0 saturated carbocycles. The van der Waals surface area contributed by atoms with Gasteiger partial charge in [-0.25, -0.2) is 4.79 Å². The number of nitrogens with one attached hydrogen (secondary N) is 6. The van der Waals surface area contributed by atoms with Gasteiger partial charge in [0.05, 0.1) is 6.42 Å². The summed E-state index contributed by atoms with van der Waals surface area (Å²) in [5, 5.41) is 20.0. The maximum atomic E-state index is 12.4. The highest BCUT2D eigenvalue weighted by Crippen LogP contribution is 2.40. The second-order valence-electron chi connectivity index (χ2n) is 29.8. The Labute approximate surface area is 637 Å². The van der Waals surface area contributed by atoms with E-state index in [1.54, 1.807) is 0 Å². The fourth-order valence-corrected chi connectivity index (χ4v) is 14.3. The molecule has 1 atom stereocenters. The number of carbonyl (C=O) groups excluding carboxylic acids is 6. The molecule has 24 heteroatoms. The second kappa shape index (κ2) is 42.9. The smallest absolute Gasteiger partial charge is 0.345 e. The highest BCUT2D eigenvalue weighted by molar-refractivity contribution is 14.1. The lowest BCUT2D eigenvalue weighted by Gasteiger charge is -2.38. The number of unbranched alkanes of at least 4 members (excludes halogenated alkanes) is 1. The number of benzene rings is 1. The maximum absolute atomic E-state index is 12.4. The van der Waals surface area contributed by atoms with Crippen LogP contribution in [-0.2, 0) is 57.2 Å². The molecule has 0 radical (unpaired) electrons. The fraction of sp³-hybridized carbons (Fsp3) is 0.831. The quantitative estimate of drug-likeness (QED) is 0.0208. The molecule has 6 saturated heterocycles. The molecule has 548 valence electrons. The van der Waals surface area contributed by atoms with Crippen LogP contribution in [0.5, 0.6) is 0 Å². The summed E-state index contributed by atoms with van der Waals surface area (Å²) in [4.78, 5) is 71.9. The standard InChI is InChI=1S/C22H40N2O4.C16H22INO2.C12H22INO2.C11H20INO2.C10H16Br3NO2/c1-21(2,17-9-13-23-14-10-17)27-19(25)7-5-6-8-20(26)28-22(3,4)18-11-15-24-16-12-18;1-16(2,13-8-10-18-11-9-13)20-15(19)14(17)12-6-4-3-5-7-12;1-11(2,13)10(15)16-12(3,4)9-5-7-14-8-6-9;1-11(2,15-10(14)3-6-12)9-4-7-13-8-5-9;1-9(2,7-3-5-14-6-4-7)16-8(15)10(11,12)13/h17-18,23-24H,5-16H2,1-4H3;3-7,13-14,18H,8-11H2,1-2H3;9,14H,5-8H2,1-4H3;9,13H,3-8H2,1-2H3;7,14H,3-6H2,1-2H3. The third-order valence-corrected chi connectivity index (χ3v) is 22.6. The van der Waals surface area contributed by atoms with Gasteiger partial charge in [-0.2, -0.15) is 0 Å². The molecule has 6 aliphatic heterocycles. The maximum Gasteiger partial charge on any atom is 0.345 e. The van der Waals surface area contributed by atoms with Crippen LogP contribution in [0.4, 0.5) is 0 Å². The van der Waals surface area contributed by atoms with Crippen LogP contribution in [0.2, 0.25) is 0 Å². The lowest BCUT2D eigenvalue weighted by atomic mass is 9.83. The van der Waals surface area contributed by atoms with E-state index in [4.69, 9.17) is 28.4 Å². The van der Waals surface area contributed by atoms with Gasteiger partial charge >= 0.3 is 35.8 Å². The first-order valence-electron chi connectivity index (χ1n) is 34.8. The van der Waals surface area contributed by atoms with Crippen molar-refractivity contribution in [2.75, 3.05) is 83.0 Å². The van der Waals surface area contributed by atoms with E-state index in [-0.39, 0.29) is 50.9 Å². The topological polar surface area (TPSA) is 230 Å². The van der Waals surface area contributed by atoms with Gasteiger partial charge in [0.25, 0.3) is 0 Å². The first-order valence-corrected chi connectivity index (χ1v) is 41.1. The van der Waals surface area contributed by atoms with Gasteiger partial charge in [-0.15, -0.1) is 0 Å². The number of piperidine rings is 6. The van der Waals surface area contributed by atoms with Crippen LogP contribution >= 0.6 is 116 Å². The Morgan fingerprint density at radius 1 is 0.400 bits per heavy atom. The second-order valence-corrected chi connectivity index (χ2v) is 41.6. The van der Waals surface area contributed by atoms with E-state index in [1.165, 1.54) is 0 Å². The monoisotopic (exact) mass is 1870 g/mol. The summed E-state index contributed by atoms with van der Waals surface area (Å²) < 4.78 is 33.3. The minimum absolute atomic E-state index is 0.0621. The van der Waals surface area contributed by atoms with E-state index in [1.807, 2.05) is 127 Å². The van der Waals surface area contributed by atoms with Crippen LogP contribution in [0, 0.1) is 35.5 Å². The molecule has 1 aromatic rings. The Morgan fingerprint density at radius 2 is 0.642 bits per heavy atom. The van der Waals surface area contributed by atoms with Crippen LogP contribution in [0.15, 0.2) is 30.3 Å². The van der Waals surface area contributed by atoms with Crippen molar-refractivity contribution in [2.24, 2.45) is 35.5 Å². The molecule has 0 spiro atoms. The van der Waals surface area contributed by atoms with Crippen LogP contribution < -0.4 is 31.9 Å². The highest BCUT2D eigenvalue weighted by Gasteiger charge is 2.42. The number of halogens is 6. The van der Waals surface area contributed by atoms with Gasteiger partial charge < -0.3 is 60.3 Å². The summed E-state index contributed by atoms with van der Waals surface area (Å²) in [5.41, 5.74) is -1.31. The van der Waals surface area contributed by atoms with Crippen molar-refractivity contribution in [1.29, 1.82) is 0 Å². The zero-order valence-electron chi connectivity index (χ0n) is 59.8. The van der Waals surface area contributed by atoms with E-state index < -0.39 is 28.0 Å². The molecule has 1 unspecified atom stereocenters. The van der Waals surface area contributed by atoms with E-state index in [2.05, 4.69) is 147 Å². The van der Waals surface area contributed by atoms with Crippen molar-refractivity contribution in [2.45, 2.75) is 249 Å². The number of hydrogen-bond donors (Lipinski definition) is 6. The Bertz CT molecular complexity index is 2330. The fourth-order valence-electron chi connectivity index (χ4n) is 13.0. The SMILES string of the molecule is CC(C)(I)C(=O)OC(C)(C)C1CCNCC1.CC(C)(OC(=O)C(Br)(Br)Br)C1CCNCC1.CC(C)(OC(=O)C(I)c1ccccc1)C1CCNCC1.CC(C)(OC(=O)CCCCC(=O)OC(C)(C)C1CCNCC1)C1CCNCC1.CC(C)(OC(=O)CCI)C1CCNCC1. The van der Waals surface area contributed by atoms with E-state index in [9.17, 15) is 28.8 Å². The number of ether oxygens (including phenoxy) is 6. The Kier molecular flexibility index (Phi) is 40.0. The average Bonchev–Trinajstić information content (AvgIpc) is 0.911. The summed E-state index contributed by atoms with van der Waals surface area (Å²) in [6.07, 6.45) is 15.3. The zero-order valence-corrected chi connectivity index (χ0v) is 71.0. The molecule has 95 heavy (non-hydrogen) atoms.